The molecular formula is C21H30O7. The molecule has 28 heavy (non-hydrogen) atoms. The molecule has 5 atom stereocenters. The second kappa shape index (κ2) is 6.38. The van der Waals surface area contributed by atoms with E-state index in [1.165, 1.54) is 12.8 Å². The van der Waals surface area contributed by atoms with Crippen molar-refractivity contribution in [3.63, 3.8) is 0 Å². The number of carbonyl (C=O) groups excluding carboxylic acids is 1. The van der Waals surface area contributed by atoms with Crippen LogP contribution in [0.5, 0.6) is 0 Å². The van der Waals surface area contributed by atoms with Gasteiger partial charge in [-0.2, -0.15) is 0 Å². The average molecular weight is 394 g/mol. The third kappa shape index (κ3) is 2.63. The van der Waals surface area contributed by atoms with Crippen LogP contribution in [0.1, 0.15) is 70.6 Å². The minimum absolute atomic E-state index is 0.192. The Morgan fingerprint density at radius 3 is 2.32 bits per heavy atom. The van der Waals surface area contributed by atoms with Crippen LogP contribution in [0.3, 0.4) is 0 Å². The second-order valence-electron chi connectivity index (χ2n) is 9.46. The smallest absolute Gasteiger partial charge is 0.308 e. The first-order valence-corrected chi connectivity index (χ1v) is 11.1. The van der Waals surface area contributed by atoms with Crippen molar-refractivity contribution in [1.82, 2.24) is 0 Å². The van der Waals surface area contributed by atoms with E-state index >= 15 is 0 Å². The van der Waals surface area contributed by atoms with Crippen LogP contribution in [-0.2, 0) is 33.2 Å². The van der Waals surface area contributed by atoms with Crippen LogP contribution < -0.4 is 0 Å². The topological polar surface area (TPSA) is 72.5 Å². The molecule has 0 aromatic carbocycles. The van der Waals surface area contributed by atoms with E-state index in [0.29, 0.717) is 6.61 Å². The lowest BCUT2D eigenvalue weighted by Gasteiger charge is -2.38. The Kier molecular flexibility index (Phi) is 4.12. The van der Waals surface area contributed by atoms with E-state index in [1.54, 1.807) is 0 Å². The van der Waals surface area contributed by atoms with E-state index in [1.807, 2.05) is 0 Å². The van der Waals surface area contributed by atoms with Gasteiger partial charge in [0.15, 0.2) is 17.2 Å². The molecule has 0 amide bonds. The first-order valence-electron chi connectivity index (χ1n) is 11.1. The van der Waals surface area contributed by atoms with Crippen LogP contribution in [0.4, 0.5) is 0 Å². The van der Waals surface area contributed by atoms with E-state index in [2.05, 4.69) is 0 Å². The van der Waals surface area contributed by atoms with Gasteiger partial charge in [0.1, 0.15) is 31.0 Å². The number of carbonyl (C=O) groups is 1. The number of hydrogen-bond acceptors (Lipinski definition) is 7. The molecule has 7 heteroatoms. The lowest BCUT2D eigenvalue weighted by molar-refractivity contribution is -0.260. The third-order valence-corrected chi connectivity index (χ3v) is 7.65. The highest BCUT2D eigenvalue weighted by molar-refractivity contribution is 5.71. The molecule has 6 aliphatic rings. The average Bonchev–Trinajstić information content (AvgIpc) is 3.32. The minimum atomic E-state index is -0.707. The molecule has 6 rings (SSSR count). The van der Waals surface area contributed by atoms with Gasteiger partial charge >= 0.3 is 5.97 Å². The zero-order valence-corrected chi connectivity index (χ0v) is 16.4. The molecule has 3 spiro atoms. The Morgan fingerprint density at radius 1 is 0.857 bits per heavy atom. The van der Waals surface area contributed by atoms with E-state index in [-0.39, 0.29) is 43.4 Å². The molecule has 2 saturated carbocycles. The molecule has 0 bridgehead atoms. The lowest BCUT2D eigenvalue weighted by Crippen LogP contribution is -2.55. The Bertz CT molecular complexity index is 639. The fourth-order valence-corrected chi connectivity index (χ4v) is 6.24. The molecule has 3 unspecified atom stereocenters. The molecule has 0 aromatic rings. The third-order valence-electron chi connectivity index (χ3n) is 7.65. The van der Waals surface area contributed by atoms with Crippen LogP contribution in [0.2, 0.25) is 0 Å². The summed E-state index contributed by atoms with van der Waals surface area (Å²) < 4.78 is 37.8. The van der Waals surface area contributed by atoms with Crippen molar-refractivity contribution in [2.45, 2.75) is 112 Å². The molecular weight excluding hydrogens is 364 g/mol. The number of rotatable bonds is 1. The summed E-state index contributed by atoms with van der Waals surface area (Å²) in [6.07, 6.45) is 9.72. The second-order valence-corrected chi connectivity index (χ2v) is 9.46. The van der Waals surface area contributed by atoms with E-state index in [9.17, 15) is 4.79 Å². The number of esters is 1. The first-order chi connectivity index (χ1) is 13.6. The van der Waals surface area contributed by atoms with Gasteiger partial charge in [0.05, 0.1) is 13.0 Å². The monoisotopic (exact) mass is 394 g/mol. The van der Waals surface area contributed by atoms with Gasteiger partial charge in [0.25, 0.3) is 0 Å². The van der Waals surface area contributed by atoms with E-state index in [0.717, 1.165) is 51.4 Å². The Balaban J connectivity index is 1.28. The molecule has 0 N–H and O–H groups in total. The summed E-state index contributed by atoms with van der Waals surface area (Å²) in [5, 5.41) is 0. The highest BCUT2D eigenvalue weighted by Gasteiger charge is 2.71. The number of ether oxygens (including phenoxy) is 6. The fraction of sp³-hybridized carbons (Fsp3) is 0.952. The lowest BCUT2D eigenvalue weighted by atomic mass is 9.87. The van der Waals surface area contributed by atoms with Crippen molar-refractivity contribution in [3.05, 3.63) is 0 Å². The van der Waals surface area contributed by atoms with Crippen molar-refractivity contribution in [3.8, 4) is 0 Å². The van der Waals surface area contributed by atoms with Crippen LogP contribution in [0.25, 0.3) is 0 Å². The molecule has 156 valence electrons. The summed E-state index contributed by atoms with van der Waals surface area (Å²) in [7, 11) is 0. The predicted molar refractivity (Wildman–Crippen MR) is 95.4 cm³/mol. The van der Waals surface area contributed by atoms with Crippen molar-refractivity contribution in [2.75, 3.05) is 13.2 Å². The molecule has 7 nitrogen and oxygen atoms in total. The highest BCUT2D eigenvalue weighted by Crippen LogP contribution is 2.55. The first kappa shape index (κ1) is 18.1. The van der Waals surface area contributed by atoms with Gasteiger partial charge in [-0.1, -0.05) is 12.8 Å². The van der Waals surface area contributed by atoms with Crippen molar-refractivity contribution < 1.29 is 33.2 Å². The summed E-state index contributed by atoms with van der Waals surface area (Å²) in [6.45, 7) is 0.716. The SMILES string of the molecule is O=C1CC2OC([C@H]3COC4(CCCCC4)O3)C3OC4(CCCCC4)O[C@@]23CO1. The van der Waals surface area contributed by atoms with Crippen LogP contribution in [0, 0.1) is 0 Å². The minimum Gasteiger partial charge on any atom is -0.462 e. The standard InChI is InChI=1S/C21H30O7/c22-16-11-15-21(13-23-16)18(27-20(28-21)9-5-2-6-10-20)17(25-15)14-12-24-19(26-14)7-3-1-4-8-19/h14-15,17-18H,1-13H2/t14-,15?,17?,18?,21+/m1/s1. The molecule has 4 saturated heterocycles. The van der Waals surface area contributed by atoms with Gasteiger partial charge in [0.2, 0.25) is 0 Å². The quantitative estimate of drug-likeness (QED) is 0.633. The molecule has 4 aliphatic heterocycles. The predicted octanol–water partition coefficient (Wildman–Crippen LogP) is 2.59. The molecule has 2 aliphatic carbocycles. The molecule has 6 fully saturated rings. The molecule has 0 aromatic heterocycles. The summed E-state index contributed by atoms with van der Waals surface area (Å²) >= 11 is 0. The maximum atomic E-state index is 12.0. The Hall–Kier alpha value is -0.730. The van der Waals surface area contributed by atoms with Gasteiger partial charge in [-0.25, -0.2) is 0 Å². The summed E-state index contributed by atoms with van der Waals surface area (Å²) in [5.41, 5.74) is -0.707. The van der Waals surface area contributed by atoms with Crippen LogP contribution >= 0.6 is 0 Å². The Morgan fingerprint density at radius 2 is 1.57 bits per heavy atom. The van der Waals surface area contributed by atoms with Gasteiger partial charge in [-0.3, -0.25) is 4.79 Å². The van der Waals surface area contributed by atoms with Crippen LogP contribution in [-0.4, -0.2) is 60.8 Å². The van der Waals surface area contributed by atoms with E-state index in [4.69, 9.17) is 28.4 Å². The van der Waals surface area contributed by atoms with Gasteiger partial charge in [-0.15, -0.1) is 0 Å². The van der Waals surface area contributed by atoms with Gasteiger partial charge in [0, 0.05) is 25.7 Å². The number of cyclic esters (lactones) is 1. The fourth-order valence-electron chi connectivity index (χ4n) is 6.24. The van der Waals surface area contributed by atoms with Crippen molar-refractivity contribution in [1.29, 1.82) is 0 Å². The van der Waals surface area contributed by atoms with Crippen molar-refractivity contribution >= 4 is 5.97 Å². The normalized spacial score (nSPS) is 46.5. The zero-order chi connectivity index (χ0) is 18.8. The van der Waals surface area contributed by atoms with Gasteiger partial charge < -0.3 is 28.4 Å². The summed E-state index contributed by atoms with van der Waals surface area (Å²) in [4.78, 5) is 12.0. The van der Waals surface area contributed by atoms with E-state index < -0.39 is 17.2 Å². The summed E-state index contributed by atoms with van der Waals surface area (Å²) in [5.74, 6) is -1.24. The maximum Gasteiger partial charge on any atom is 0.308 e. The Labute approximate surface area is 165 Å². The number of hydrogen-bond donors (Lipinski definition) is 0. The zero-order valence-electron chi connectivity index (χ0n) is 16.4. The molecule has 4 heterocycles. The van der Waals surface area contributed by atoms with Gasteiger partial charge in [-0.05, 0) is 25.7 Å². The van der Waals surface area contributed by atoms with Crippen LogP contribution in [0.15, 0.2) is 0 Å². The maximum absolute atomic E-state index is 12.0. The van der Waals surface area contributed by atoms with Crippen molar-refractivity contribution in [2.24, 2.45) is 0 Å². The largest absolute Gasteiger partial charge is 0.462 e. The summed E-state index contributed by atoms with van der Waals surface area (Å²) in [6, 6.07) is 0. The molecule has 0 radical (unpaired) electrons. The highest BCUT2D eigenvalue weighted by atomic mass is 16.8.